The number of halogens is 1. The first-order valence-electron chi connectivity index (χ1n) is 4.96. The van der Waals surface area contributed by atoms with E-state index in [2.05, 4.69) is 28.4 Å². The fraction of sp³-hybridized carbons (Fsp3) is 0.778. The highest BCUT2D eigenvalue weighted by atomic mass is 79.9. The van der Waals surface area contributed by atoms with E-state index >= 15 is 0 Å². The second kappa shape index (κ2) is 5.34. The summed E-state index contributed by atoms with van der Waals surface area (Å²) >= 11 is 3.08. The molecule has 0 aromatic rings. The number of carbonyl (C=O) groups is 2. The van der Waals surface area contributed by atoms with E-state index in [1.807, 2.05) is 0 Å². The minimum Gasteiger partial charge on any atom is -0.275 e. The first kappa shape index (κ1) is 11.5. The molecule has 5 heteroatoms. The van der Waals surface area contributed by atoms with E-state index in [4.69, 9.17) is 0 Å². The van der Waals surface area contributed by atoms with Gasteiger partial charge in [-0.2, -0.15) is 0 Å². The summed E-state index contributed by atoms with van der Waals surface area (Å²) in [6.45, 7) is 2.14. The highest BCUT2D eigenvalue weighted by Gasteiger charge is 2.36. The Bertz CT molecular complexity index is 233. The molecule has 0 spiro atoms. The molecule has 0 aliphatic carbocycles. The smallest absolute Gasteiger partial charge is 0.275 e. The number of nitrogens with zero attached hydrogens (tertiary/aromatic N) is 1. The van der Waals surface area contributed by atoms with Gasteiger partial charge in [-0.1, -0.05) is 32.6 Å². The van der Waals surface area contributed by atoms with Crippen LogP contribution in [-0.2, 0) is 4.79 Å². The van der Waals surface area contributed by atoms with Gasteiger partial charge < -0.3 is 0 Å². The van der Waals surface area contributed by atoms with E-state index in [0.717, 1.165) is 19.3 Å². The lowest BCUT2D eigenvalue weighted by Gasteiger charge is -2.12. The van der Waals surface area contributed by atoms with Crippen LogP contribution < -0.4 is 5.32 Å². The maximum Gasteiger partial charge on any atom is 0.334 e. The van der Waals surface area contributed by atoms with Crippen LogP contribution in [0.2, 0.25) is 0 Å². The van der Waals surface area contributed by atoms with Crippen LogP contribution in [0.5, 0.6) is 0 Å². The molecule has 3 amide bonds. The third-order valence-electron chi connectivity index (χ3n) is 2.33. The average Bonchev–Trinajstić information content (AvgIpc) is 2.38. The van der Waals surface area contributed by atoms with Crippen molar-refractivity contribution in [3.8, 4) is 0 Å². The van der Waals surface area contributed by atoms with Crippen molar-refractivity contribution in [3.05, 3.63) is 0 Å². The van der Waals surface area contributed by atoms with Crippen molar-refractivity contribution < 1.29 is 9.59 Å². The number of imide groups is 1. The van der Waals surface area contributed by atoms with Crippen LogP contribution in [0.15, 0.2) is 0 Å². The molecular weight excluding hydrogens is 248 g/mol. The normalized spacial score (nSPS) is 21.6. The van der Waals surface area contributed by atoms with Crippen molar-refractivity contribution in [2.45, 2.75) is 45.1 Å². The monoisotopic (exact) mass is 262 g/mol. The number of carbonyl (C=O) groups excluding carboxylic acids is 2. The number of hydrogen-bond acceptors (Lipinski definition) is 2. The predicted molar refractivity (Wildman–Crippen MR) is 56.9 cm³/mol. The molecule has 1 aliphatic rings. The van der Waals surface area contributed by atoms with E-state index in [9.17, 15) is 9.59 Å². The molecule has 1 N–H and O–H groups in total. The molecular formula is C9H15BrN2O2. The van der Waals surface area contributed by atoms with Crippen LogP contribution in [0, 0.1) is 0 Å². The lowest BCUT2D eigenvalue weighted by molar-refractivity contribution is -0.120. The van der Waals surface area contributed by atoms with Crippen molar-refractivity contribution in [3.63, 3.8) is 0 Å². The molecule has 0 saturated carbocycles. The fourth-order valence-corrected chi connectivity index (χ4v) is 1.97. The summed E-state index contributed by atoms with van der Waals surface area (Å²) in [7, 11) is 0. The van der Waals surface area contributed by atoms with Gasteiger partial charge in [-0.3, -0.25) is 10.1 Å². The van der Waals surface area contributed by atoms with E-state index < -0.39 is 0 Å². The van der Waals surface area contributed by atoms with Crippen molar-refractivity contribution in [1.29, 1.82) is 0 Å². The van der Waals surface area contributed by atoms with E-state index in [0.29, 0.717) is 0 Å². The molecule has 1 heterocycles. The molecule has 1 aliphatic heterocycles. The van der Waals surface area contributed by atoms with Crippen LogP contribution in [-0.4, -0.2) is 21.9 Å². The van der Waals surface area contributed by atoms with Gasteiger partial charge in [0.2, 0.25) is 0 Å². The molecule has 80 valence electrons. The second-order valence-corrected chi connectivity index (χ2v) is 4.23. The average molecular weight is 263 g/mol. The number of urea groups is 1. The van der Waals surface area contributed by atoms with Gasteiger partial charge in [-0.05, 0) is 6.42 Å². The van der Waals surface area contributed by atoms with Gasteiger partial charge in [0, 0.05) is 0 Å². The summed E-state index contributed by atoms with van der Waals surface area (Å²) in [4.78, 5) is 22.3. The topological polar surface area (TPSA) is 49.4 Å². The minimum atomic E-state index is -0.351. The van der Waals surface area contributed by atoms with Crippen molar-refractivity contribution in [1.82, 2.24) is 9.24 Å². The maximum absolute atomic E-state index is 11.3. The van der Waals surface area contributed by atoms with Crippen LogP contribution in [0.4, 0.5) is 4.79 Å². The molecule has 1 fully saturated rings. The summed E-state index contributed by atoms with van der Waals surface area (Å²) < 4.78 is 1.31. The molecule has 0 radical (unpaired) electrons. The predicted octanol–water partition coefficient (Wildman–Crippen LogP) is 2.19. The van der Waals surface area contributed by atoms with Crippen LogP contribution in [0.3, 0.4) is 0 Å². The third-order valence-corrected chi connectivity index (χ3v) is 3.15. The zero-order valence-corrected chi connectivity index (χ0v) is 9.84. The Hall–Kier alpha value is -0.580. The van der Waals surface area contributed by atoms with Gasteiger partial charge in [0.25, 0.3) is 5.91 Å². The summed E-state index contributed by atoms with van der Waals surface area (Å²) in [5, 5.41) is 2.26. The van der Waals surface area contributed by atoms with Crippen molar-refractivity contribution >= 4 is 28.1 Å². The summed E-state index contributed by atoms with van der Waals surface area (Å²) in [6.07, 6.45) is 5.21. The highest BCUT2D eigenvalue weighted by Crippen LogP contribution is 2.19. The van der Waals surface area contributed by atoms with Gasteiger partial charge in [0.1, 0.15) is 6.04 Å². The minimum absolute atomic E-state index is 0.191. The van der Waals surface area contributed by atoms with Crippen LogP contribution >= 0.6 is 16.1 Å². The number of unbranched alkanes of at least 4 members (excludes halogenated alkanes) is 3. The molecule has 0 aromatic heterocycles. The summed E-state index contributed by atoms with van der Waals surface area (Å²) in [6, 6.07) is -0.671. The Morgan fingerprint density at radius 3 is 2.57 bits per heavy atom. The second-order valence-electron chi connectivity index (χ2n) is 3.47. The van der Waals surface area contributed by atoms with Gasteiger partial charge in [-0.15, -0.1) is 0 Å². The van der Waals surface area contributed by atoms with E-state index in [1.165, 1.54) is 16.8 Å². The van der Waals surface area contributed by atoms with Gasteiger partial charge in [-0.25, -0.2) is 8.72 Å². The third kappa shape index (κ3) is 2.70. The first-order chi connectivity index (χ1) is 6.66. The molecule has 1 rings (SSSR count). The number of hydrogen-bond donors (Lipinski definition) is 1. The zero-order chi connectivity index (χ0) is 10.6. The Morgan fingerprint density at radius 1 is 1.36 bits per heavy atom. The molecule has 14 heavy (non-hydrogen) atoms. The number of nitrogens with one attached hydrogen (secondary N) is 1. The first-order valence-corrected chi connectivity index (χ1v) is 5.67. The quantitative estimate of drug-likeness (QED) is 0.469. The molecule has 1 unspecified atom stereocenters. The largest absolute Gasteiger partial charge is 0.334 e. The van der Waals surface area contributed by atoms with Gasteiger partial charge >= 0.3 is 6.03 Å². The zero-order valence-electron chi connectivity index (χ0n) is 8.25. The van der Waals surface area contributed by atoms with E-state index in [1.54, 1.807) is 0 Å². The fourth-order valence-electron chi connectivity index (χ4n) is 1.50. The lowest BCUT2D eigenvalue weighted by atomic mass is 10.1. The standard InChI is InChI=1S/C9H15BrN2O2/c1-2-3-4-5-6-7-8(13)11-9(14)12(7)10/h7H,2-6H2,1H3,(H,11,13,14). The molecule has 4 nitrogen and oxygen atoms in total. The molecule has 1 saturated heterocycles. The van der Waals surface area contributed by atoms with Crippen LogP contribution in [0.1, 0.15) is 39.0 Å². The molecule has 0 bridgehead atoms. The van der Waals surface area contributed by atoms with Crippen LogP contribution in [0.25, 0.3) is 0 Å². The Kier molecular flexibility index (Phi) is 4.38. The SMILES string of the molecule is CCCCCCC1C(=O)NC(=O)N1Br. The number of rotatable bonds is 5. The molecule has 0 aromatic carbocycles. The highest BCUT2D eigenvalue weighted by molar-refractivity contribution is 9.07. The maximum atomic E-state index is 11.3. The number of amides is 3. The van der Waals surface area contributed by atoms with Gasteiger partial charge in [0.05, 0.1) is 16.1 Å². The lowest BCUT2D eigenvalue weighted by Crippen LogP contribution is -2.26. The summed E-state index contributed by atoms with van der Waals surface area (Å²) in [5.41, 5.74) is 0. The Labute approximate surface area is 92.4 Å². The van der Waals surface area contributed by atoms with Gasteiger partial charge in [0.15, 0.2) is 0 Å². The van der Waals surface area contributed by atoms with Crippen molar-refractivity contribution in [2.75, 3.05) is 0 Å². The van der Waals surface area contributed by atoms with Crippen molar-refractivity contribution in [2.24, 2.45) is 0 Å². The Morgan fingerprint density at radius 2 is 2.07 bits per heavy atom. The Balaban J connectivity index is 2.29. The summed E-state index contributed by atoms with van der Waals surface area (Å²) in [5.74, 6) is -0.191. The molecule has 1 atom stereocenters. The van der Waals surface area contributed by atoms with E-state index in [-0.39, 0.29) is 18.0 Å².